The molecule has 0 aromatic heterocycles. The summed E-state index contributed by atoms with van der Waals surface area (Å²) in [5.74, 6) is -0.530. The zero-order chi connectivity index (χ0) is 31.2. The maximum absolute atomic E-state index is 13.3. The number of aliphatic hydroxyl groups is 1. The van der Waals surface area contributed by atoms with E-state index in [1.54, 1.807) is 32.4 Å². The third-order valence-electron chi connectivity index (χ3n) is 10.5. The monoisotopic (exact) mass is 622 g/mol. The minimum Gasteiger partial charge on any atom is -0.490 e. The molecule has 1 fully saturated rings. The second kappa shape index (κ2) is 12.0. The number of amides is 1. The van der Waals surface area contributed by atoms with Crippen molar-refractivity contribution in [1.29, 1.82) is 0 Å². The van der Waals surface area contributed by atoms with Crippen LogP contribution in [0.1, 0.15) is 55.7 Å². The first-order valence-electron chi connectivity index (χ1n) is 15.7. The molecule has 0 radical (unpaired) electrons. The predicted molar refractivity (Wildman–Crippen MR) is 169 cm³/mol. The number of nitrogens with zero attached hydrogens (tertiary/aromatic N) is 2. The van der Waals surface area contributed by atoms with Gasteiger partial charge in [0.15, 0.2) is 5.60 Å². The lowest BCUT2D eigenvalue weighted by atomic mass is 9.68. The average molecular weight is 623 g/mol. The van der Waals surface area contributed by atoms with E-state index in [1.807, 2.05) is 13.0 Å². The molecule has 2 aliphatic carbocycles. The minimum atomic E-state index is -2.39. The highest BCUT2D eigenvalue weighted by atomic mass is 35.5. The summed E-state index contributed by atoms with van der Waals surface area (Å²) < 4.78 is 12.6. The molecule has 2 bridgehead atoms. The van der Waals surface area contributed by atoms with E-state index in [-0.39, 0.29) is 23.0 Å². The van der Waals surface area contributed by atoms with Gasteiger partial charge in [-0.1, -0.05) is 42.8 Å². The second-order valence-electron chi connectivity index (χ2n) is 13.5. The van der Waals surface area contributed by atoms with Crippen molar-refractivity contribution >= 4 is 29.2 Å². The number of carboxylic acid groups (broad SMARTS) is 1. The lowest BCUT2D eigenvalue weighted by molar-refractivity contribution is -0.164. The molecule has 2 aromatic carbocycles. The summed E-state index contributed by atoms with van der Waals surface area (Å²) in [7, 11) is 3.41. The second-order valence-corrected chi connectivity index (χ2v) is 13.9. The Balaban J connectivity index is 1.47. The van der Waals surface area contributed by atoms with Gasteiger partial charge in [0.25, 0.3) is 0 Å². The first-order chi connectivity index (χ1) is 21.0. The molecule has 2 heterocycles. The molecular weight excluding hydrogens is 580 g/mol. The van der Waals surface area contributed by atoms with Crippen LogP contribution in [-0.4, -0.2) is 73.5 Å². The number of aryl methyl sites for hydroxylation is 1. The minimum absolute atomic E-state index is 0.0272. The van der Waals surface area contributed by atoms with E-state index in [4.69, 9.17) is 21.1 Å². The lowest BCUT2D eigenvalue weighted by Crippen LogP contribution is -2.49. The van der Waals surface area contributed by atoms with Gasteiger partial charge in [0.05, 0.1) is 24.8 Å². The standard InChI is InChI=1S/C35H43ClN2O6/c1-22-6-12-30(43-3)27-10-7-24(27)19-38-20-34(14-4-5-23-15-26(36)9-11-28(23)34)21-44-31-13-8-25(16-29(31)38)35(42,33(40)41)17-32(39)37(2)18-22/h6,8-9,11-13,15-16,22,24,27,30,42H,4-5,7,10,14,17-21H2,1-3H3,(H,40,41)/b12-6-/t22-,24-,27+,30-,34-,35-/m0/s1. The number of carbonyl (C=O) groups is 2. The normalized spacial score (nSPS) is 33.0. The van der Waals surface area contributed by atoms with Gasteiger partial charge in [-0.15, -0.1) is 0 Å². The van der Waals surface area contributed by atoms with E-state index < -0.39 is 23.9 Å². The van der Waals surface area contributed by atoms with Gasteiger partial charge in [-0.2, -0.15) is 0 Å². The van der Waals surface area contributed by atoms with E-state index in [9.17, 15) is 19.8 Å². The molecule has 4 aliphatic rings. The zero-order valence-electron chi connectivity index (χ0n) is 25.8. The molecule has 0 unspecified atom stereocenters. The van der Waals surface area contributed by atoms with Crippen LogP contribution in [0.25, 0.3) is 0 Å². The molecule has 236 valence electrons. The van der Waals surface area contributed by atoms with Crippen LogP contribution < -0.4 is 9.64 Å². The van der Waals surface area contributed by atoms with E-state index in [1.165, 1.54) is 16.0 Å². The zero-order valence-corrected chi connectivity index (χ0v) is 26.6. The largest absolute Gasteiger partial charge is 0.490 e. The van der Waals surface area contributed by atoms with Gasteiger partial charge >= 0.3 is 5.97 Å². The summed E-state index contributed by atoms with van der Waals surface area (Å²) in [6, 6.07) is 11.3. The number of ether oxygens (including phenoxy) is 2. The van der Waals surface area contributed by atoms with Crippen molar-refractivity contribution in [2.75, 3.05) is 45.3 Å². The van der Waals surface area contributed by atoms with Crippen LogP contribution in [0.15, 0.2) is 48.6 Å². The maximum atomic E-state index is 13.3. The smallest absolute Gasteiger partial charge is 0.340 e. The summed E-state index contributed by atoms with van der Waals surface area (Å²) in [6.45, 7) is 4.32. The number of halogens is 1. The maximum Gasteiger partial charge on any atom is 0.340 e. The SMILES string of the molecule is CO[C@H]1/C=C\[C@H](C)CN(C)C(=O)C[C@@](O)(C(=O)O)c2ccc3c(c2)N(C[C@@H]2CC[C@H]21)C[C@@]1(CCCc2cc(Cl)ccc21)CO3. The van der Waals surface area contributed by atoms with Crippen molar-refractivity contribution in [2.45, 2.75) is 62.6 Å². The molecule has 8 nitrogen and oxygen atoms in total. The lowest BCUT2D eigenvalue weighted by Gasteiger charge is -2.46. The van der Waals surface area contributed by atoms with Crippen molar-refractivity contribution in [3.05, 3.63) is 70.3 Å². The van der Waals surface area contributed by atoms with Crippen molar-refractivity contribution in [3.8, 4) is 5.75 Å². The first-order valence-corrected chi connectivity index (χ1v) is 16.1. The summed E-state index contributed by atoms with van der Waals surface area (Å²) in [5, 5.41) is 22.7. The number of rotatable bonds is 2. The van der Waals surface area contributed by atoms with Gasteiger partial charge in [0, 0.05) is 44.2 Å². The molecule has 6 atom stereocenters. The summed E-state index contributed by atoms with van der Waals surface area (Å²) in [4.78, 5) is 29.8. The quantitative estimate of drug-likeness (QED) is 0.445. The van der Waals surface area contributed by atoms with Crippen molar-refractivity contribution in [2.24, 2.45) is 17.8 Å². The Hall–Kier alpha value is -3.07. The summed E-state index contributed by atoms with van der Waals surface area (Å²) in [6.07, 6.45) is 8.66. The Labute approximate surface area is 264 Å². The molecule has 44 heavy (non-hydrogen) atoms. The highest BCUT2D eigenvalue weighted by Gasteiger charge is 2.46. The van der Waals surface area contributed by atoms with E-state index in [0.29, 0.717) is 37.3 Å². The molecule has 9 heteroatoms. The van der Waals surface area contributed by atoms with Gasteiger partial charge in [-0.3, -0.25) is 4.79 Å². The van der Waals surface area contributed by atoms with Crippen LogP contribution >= 0.6 is 11.6 Å². The van der Waals surface area contributed by atoms with Crippen LogP contribution in [0.2, 0.25) is 5.02 Å². The number of carboxylic acids is 1. The van der Waals surface area contributed by atoms with Crippen molar-refractivity contribution < 1.29 is 29.3 Å². The van der Waals surface area contributed by atoms with Crippen LogP contribution in [0.5, 0.6) is 5.75 Å². The average Bonchev–Trinajstić information content (AvgIpc) is 3.13. The molecule has 1 spiro atoms. The third kappa shape index (κ3) is 5.61. The van der Waals surface area contributed by atoms with E-state index >= 15 is 0 Å². The number of benzene rings is 2. The summed E-state index contributed by atoms with van der Waals surface area (Å²) in [5.41, 5.74) is 0.746. The van der Waals surface area contributed by atoms with Gasteiger partial charge in [0.1, 0.15) is 5.75 Å². The number of carbonyl (C=O) groups excluding carboxylic acids is 1. The molecule has 2 aliphatic heterocycles. The highest BCUT2D eigenvalue weighted by molar-refractivity contribution is 6.30. The number of hydrogen-bond donors (Lipinski definition) is 2. The number of aliphatic carboxylic acids is 1. The molecule has 6 rings (SSSR count). The fraction of sp³-hybridized carbons (Fsp3) is 0.543. The Morgan fingerprint density at radius 1 is 1.14 bits per heavy atom. The summed E-state index contributed by atoms with van der Waals surface area (Å²) >= 11 is 6.41. The van der Waals surface area contributed by atoms with Gasteiger partial charge < -0.3 is 29.5 Å². The topological polar surface area (TPSA) is 99.5 Å². The molecule has 1 saturated carbocycles. The van der Waals surface area contributed by atoms with Gasteiger partial charge in [-0.05, 0) is 90.8 Å². The van der Waals surface area contributed by atoms with Crippen LogP contribution in [0.3, 0.4) is 0 Å². The van der Waals surface area contributed by atoms with Gasteiger partial charge in [-0.25, -0.2) is 4.79 Å². The highest BCUT2D eigenvalue weighted by Crippen LogP contribution is 2.47. The fourth-order valence-electron chi connectivity index (χ4n) is 7.85. The Bertz CT molecular complexity index is 1460. The van der Waals surface area contributed by atoms with E-state index in [0.717, 1.165) is 49.4 Å². The Morgan fingerprint density at radius 3 is 2.68 bits per heavy atom. The molecular formula is C35H43ClN2O6. The number of fused-ring (bicyclic) bond motifs is 4. The fourth-order valence-corrected chi connectivity index (χ4v) is 8.05. The van der Waals surface area contributed by atoms with Crippen molar-refractivity contribution in [3.63, 3.8) is 0 Å². The van der Waals surface area contributed by atoms with Crippen LogP contribution in [-0.2, 0) is 31.8 Å². The number of methoxy groups -OCH3 is 1. The molecule has 1 amide bonds. The Kier molecular flexibility index (Phi) is 8.46. The van der Waals surface area contributed by atoms with Crippen molar-refractivity contribution in [1.82, 2.24) is 4.90 Å². The van der Waals surface area contributed by atoms with Gasteiger partial charge in [0.2, 0.25) is 5.91 Å². The molecule has 0 saturated heterocycles. The van der Waals surface area contributed by atoms with Crippen LogP contribution in [0, 0.1) is 17.8 Å². The first kappa shape index (κ1) is 30.9. The number of hydrogen-bond acceptors (Lipinski definition) is 6. The molecule has 2 N–H and O–H groups in total. The number of anilines is 1. The van der Waals surface area contributed by atoms with Crippen LogP contribution in [0.4, 0.5) is 5.69 Å². The predicted octanol–water partition coefficient (Wildman–Crippen LogP) is 5.18. The Morgan fingerprint density at radius 2 is 1.95 bits per heavy atom. The van der Waals surface area contributed by atoms with E-state index in [2.05, 4.69) is 29.2 Å². The third-order valence-corrected chi connectivity index (χ3v) is 10.8. The molecule has 2 aromatic rings.